The Kier molecular flexibility index (Phi) is 7.62. The summed E-state index contributed by atoms with van der Waals surface area (Å²) in [6.07, 6.45) is 7.63. The Morgan fingerprint density at radius 2 is 1.56 bits per heavy atom. The molecule has 4 heteroatoms. The average Bonchev–Trinajstić information content (AvgIpc) is 2.79. The predicted molar refractivity (Wildman–Crippen MR) is 70.6 cm³/mol. The summed E-state index contributed by atoms with van der Waals surface area (Å²) in [4.78, 5) is 0. The molecule has 0 aromatic carbocycles. The fourth-order valence-corrected chi connectivity index (χ4v) is 9.42. The number of hydrogen-bond donors (Lipinski definition) is 0. The molecular formula is C14H26O3Zr. The van der Waals surface area contributed by atoms with Crippen LogP contribution in [0.2, 0.25) is 0 Å². The zero-order valence-corrected chi connectivity index (χ0v) is 14.6. The zero-order chi connectivity index (χ0) is 13.4. The molecule has 0 saturated carbocycles. The summed E-state index contributed by atoms with van der Waals surface area (Å²) < 4.78 is 19.5. The van der Waals surface area contributed by atoms with E-state index < -0.39 is 21.6 Å². The predicted octanol–water partition coefficient (Wildman–Crippen LogP) is 4.01. The fraction of sp³-hybridized carbons (Fsp3) is 0.714. The molecule has 1 aliphatic carbocycles. The van der Waals surface area contributed by atoms with Gasteiger partial charge >= 0.3 is 118 Å². The van der Waals surface area contributed by atoms with Crippen molar-refractivity contribution in [3.63, 3.8) is 0 Å². The molecule has 0 unspecified atom stereocenters. The van der Waals surface area contributed by atoms with Crippen LogP contribution in [0.4, 0.5) is 0 Å². The van der Waals surface area contributed by atoms with Gasteiger partial charge in [-0.3, -0.25) is 0 Å². The summed E-state index contributed by atoms with van der Waals surface area (Å²) >= 11 is -3.50. The van der Waals surface area contributed by atoms with Crippen molar-refractivity contribution in [1.29, 1.82) is 0 Å². The maximum atomic E-state index is 6.04. The normalized spacial score (nSPS) is 15.8. The van der Waals surface area contributed by atoms with Crippen LogP contribution in [0.25, 0.3) is 0 Å². The molecule has 1 aliphatic rings. The quantitative estimate of drug-likeness (QED) is 0.638. The van der Waals surface area contributed by atoms with E-state index in [0.29, 0.717) is 19.8 Å². The Hall–Kier alpha value is 0.243. The van der Waals surface area contributed by atoms with E-state index in [9.17, 15) is 0 Å². The number of allylic oxidation sites excluding steroid dienone is 4. The van der Waals surface area contributed by atoms with Gasteiger partial charge in [0.05, 0.1) is 0 Å². The summed E-state index contributed by atoms with van der Waals surface area (Å²) in [5.41, 5.74) is 1.39. The van der Waals surface area contributed by atoms with Crippen molar-refractivity contribution in [3.05, 3.63) is 21.0 Å². The van der Waals surface area contributed by atoms with Crippen molar-refractivity contribution in [1.82, 2.24) is 0 Å². The van der Waals surface area contributed by atoms with Crippen LogP contribution >= 0.6 is 0 Å². The molecule has 0 saturated heterocycles. The first kappa shape index (κ1) is 16.3. The topological polar surface area (TPSA) is 27.7 Å². The van der Waals surface area contributed by atoms with Crippen LogP contribution < -0.4 is 0 Å². The summed E-state index contributed by atoms with van der Waals surface area (Å²) in [6.45, 7) is 10.3. The Morgan fingerprint density at radius 3 is 2.00 bits per heavy atom. The Balaban J connectivity index is 3.03. The summed E-state index contributed by atoms with van der Waals surface area (Å²) in [7, 11) is 0. The van der Waals surface area contributed by atoms with Gasteiger partial charge in [0.1, 0.15) is 0 Å². The zero-order valence-electron chi connectivity index (χ0n) is 12.1. The molecule has 0 aliphatic heterocycles. The van der Waals surface area contributed by atoms with E-state index in [1.807, 2.05) is 20.8 Å². The molecule has 3 nitrogen and oxygen atoms in total. The molecular weight excluding hydrogens is 307 g/mol. The third-order valence-corrected chi connectivity index (χ3v) is 11.0. The summed E-state index contributed by atoms with van der Waals surface area (Å²) in [6, 6.07) is 0. The first-order valence-electron chi connectivity index (χ1n) is 7.04. The average molecular weight is 334 g/mol. The van der Waals surface area contributed by atoms with E-state index in [2.05, 4.69) is 19.1 Å². The van der Waals surface area contributed by atoms with Gasteiger partial charge < -0.3 is 0 Å². The molecule has 0 spiro atoms. The third-order valence-electron chi connectivity index (χ3n) is 2.92. The van der Waals surface area contributed by atoms with E-state index in [4.69, 9.17) is 8.44 Å². The summed E-state index contributed by atoms with van der Waals surface area (Å²) in [5.74, 6) is 0. The SMILES string of the molecule is CCCC1=[C]([Zr]([O]CC)([O]CC)[O]CC)CC=C1. The second kappa shape index (κ2) is 8.42. The molecule has 18 heavy (non-hydrogen) atoms. The van der Waals surface area contributed by atoms with E-state index in [1.54, 1.807) is 0 Å². The summed E-state index contributed by atoms with van der Waals surface area (Å²) in [5, 5.41) is 0. The molecule has 0 radical (unpaired) electrons. The van der Waals surface area contributed by atoms with Crippen LogP contribution in [-0.2, 0) is 30.0 Å². The molecule has 0 atom stereocenters. The van der Waals surface area contributed by atoms with Gasteiger partial charge in [-0.1, -0.05) is 0 Å². The molecule has 0 heterocycles. The minimum absolute atomic E-state index is 0.666. The van der Waals surface area contributed by atoms with Gasteiger partial charge in [0.25, 0.3) is 0 Å². The molecule has 0 bridgehead atoms. The van der Waals surface area contributed by atoms with E-state index >= 15 is 0 Å². The van der Waals surface area contributed by atoms with Crippen LogP contribution in [0.3, 0.4) is 0 Å². The van der Waals surface area contributed by atoms with Crippen LogP contribution in [0.5, 0.6) is 0 Å². The van der Waals surface area contributed by atoms with Gasteiger partial charge in [0.2, 0.25) is 0 Å². The second-order valence-electron chi connectivity index (χ2n) is 4.22. The Labute approximate surface area is 117 Å². The van der Waals surface area contributed by atoms with Crippen LogP contribution in [-0.4, -0.2) is 19.8 Å². The maximum absolute atomic E-state index is 6.04. The van der Waals surface area contributed by atoms with Gasteiger partial charge in [-0.2, -0.15) is 0 Å². The molecule has 1 rings (SSSR count). The molecule has 0 N–H and O–H groups in total. The molecule has 0 aromatic rings. The number of rotatable bonds is 9. The Morgan fingerprint density at radius 1 is 1.00 bits per heavy atom. The Bertz CT molecular complexity index is 293. The fourth-order valence-electron chi connectivity index (χ4n) is 2.33. The first-order valence-corrected chi connectivity index (χ1v) is 11.3. The molecule has 0 fully saturated rings. The van der Waals surface area contributed by atoms with Crippen molar-refractivity contribution in [2.45, 2.75) is 47.0 Å². The van der Waals surface area contributed by atoms with Crippen molar-refractivity contribution in [3.8, 4) is 0 Å². The first-order chi connectivity index (χ1) is 8.74. The second-order valence-corrected chi connectivity index (χ2v) is 10.6. The van der Waals surface area contributed by atoms with Crippen LogP contribution in [0.1, 0.15) is 47.0 Å². The van der Waals surface area contributed by atoms with Gasteiger partial charge in [0, 0.05) is 0 Å². The van der Waals surface area contributed by atoms with Crippen molar-refractivity contribution in [2.75, 3.05) is 19.8 Å². The molecule has 0 aromatic heterocycles. The van der Waals surface area contributed by atoms with Gasteiger partial charge in [-0.15, -0.1) is 0 Å². The number of hydrogen-bond acceptors (Lipinski definition) is 3. The van der Waals surface area contributed by atoms with E-state index in [-0.39, 0.29) is 0 Å². The van der Waals surface area contributed by atoms with Crippen molar-refractivity contribution in [2.24, 2.45) is 0 Å². The van der Waals surface area contributed by atoms with Gasteiger partial charge in [-0.25, -0.2) is 0 Å². The molecule has 0 amide bonds. The monoisotopic (exact) mass is 332 g/mol. The van der Waals surface area contributed by atoms with Gasteiger partial charge in [0.15, 0.2) is 0 Å². The standard InChI is InChI=1S/C8H11.3C2H5O.Zr/c1-2-5-8-6-3-4-7-8;3*1-2-3;/h3,6H,2,4-5H2,1H3;3*2H2,1H3;/q;3*-1;+3. The van der Waals surface area contributed by atoms with Crippen LogP contribution in [0, 0.1) is 0 Å². The third kappa shape index (κ3) is 3.87. The van der Waals surface area contributed by atoms with Crippen molar-refractivity contribution < 1.29 is 30.0 Å². The van der Waals surface area contributed by atoms with Gasteiger partial charge in [-0.05, 0) is 0 Å². The van der Waals surface area contributed by atoms with Crippen molar-refractivity contribution >= 4 is 0 Å². The van der Waals surface area contributed by atoms with E-state index in [1.165, 1.54) is 8.85 Å². The van der Waals surface area contributed by atoms with E-state index in [0.717, 1.165) is 19.3 Å². The minimum atomic E-state index is -3.50. The molecule has 104 valence electrons. The van der Waals surface area contributed by atoms with Crippen LogP contribution in [0.15, 0.2) is 21.0 Å².